The Morgan fingerprint density at radius 2 is 2.00 bits per heavy atom. The summed E-state index contributed by atoms with van der Waals surface area (Å²) in [5, 5.41) is 9.41. The number of halogens is 1. The highest BCUT2D eigenvalue weighted by Gasteiger charge is 2.36. The second kappa shape index (κ2) is 5.02. The van der Waals surface area contributed by atoms with Crippen LogP contribution in [0.25, 0.3) is 6.08 Å². The van der Waals surface area contributed by atoms with Gasteiger partial charge in [0.1, 0.15) is 5.75 Å². The van der Waals surface area contributed by atoms with Crippen molar-refractivity contribution in [3.63, 3.8) is 0 Å². The van der Waals surface area contributed by atoms with Crippen LogP contribution in [0.4, 0.5) is 0 Å². The van der Waals surface area contributed by atoms with E-state index < -0.39 is 0 Å². The Morgan fingerprint density at radius 1 is 1.28 bits per heavy atom. The van der Waals surface area contributed by atoms with Gasteiger partial charge in [-0.25, -0.2) is 0 Å². The molecule has 1 N–H and O–H groups in total. The van der Waals surface area contributed by atoms with E-state index in [1.165, 1.54) is 0 Å². The quantitative estimate of drug-likeness (QED) is 0.793. The fourth-order valence-corrected chi connectivity index (χ4v) is 2.68. The highest BCUT2D eigenvalue weighted by atomic mass is 35.5. The van der Waals surface area contributed by atoms with Crippen molar-refractivity contribution in [1.82, 2.24) is 4.90 Å². The number of allylic oxidation sites excluding steroid dienone is 1. The van der Waals surface area contributed by atoms with Gasteiger partial charge in [-0.15, -0.1) is 12.4 Å². The molecule has 0 aromatic heterocycles. The standard InChI is InChI=1S/C14H15NO2.ClH/c16-12-3-1-2-10(8-12)9-13-14(17)11-4-6-15(13)7-5-11;/h1-3,8-9,11,16H,4-7H2;1H/b13-9-;. The molecule has 4 rings (SSSR count). The lowest BCUT2D eigenvalue weighted by Gasteiger charge is -2.41. The zero-order valence-electron chi connectivity index (χ0n) is 10.0. The van der Waals surface area contributed by atoms with E-state index >= 15 is 0 Å². The smallest absolute Gasteiger partial charge is 0.182 e. The van der Waals surface area contributed by atoms with Crippen molar-refractivity contribution >= 4 is 24.3 Å². The number of benzene rings is 1. The van der Waals surface area contributed by atoms with Gasteiger partial charge in [0.05, 0.1) is 5.70 Å². The predicted molar refractivity (Wildman–Crippen MR) is 72.6 cm³/mol. The minimum atomic E-state index is 0. The number of phenolic OH excluding ortho intramolecular Hbond substituents is 1. The zero-order valence-corrected chi connectivity index (χ0v) is 10.8. The lowest BCUT2D eigenvalue weighted by atomic mass is 9.84. The van der Waals surface area contributed by atoms with E-state index in [1.807, 2.05) is 12.1 Å². The summed E-state index contributed by atoms with van der Waals surface area (Å²) in [6.07, 6.45) is 3.89. The van der Waals surface area contributed by atoms with Crippen molar-refractivity contribution in [2.45, 2.75) is 12.8 Å². The molecule has 0 radical (unpaired) electrons. The Morgan fingerprint density at radius 3 is 2.61 bits per heavy atom. The number of hydrogen-bond donors (Lipinski definition) is 1. The van der Waals surface area contributed by atoms with E-state index in [0.717, 1.165) is 37.2 Å². The molecule has 3 aliphatic heterocycles. The van der Waals surface area contributed by atoms with Crippen LogP contribution in [0.1, 0.15) is 18.4 Å². The molecule has 1 aromatic carbocycles. The number of piperidine rings is 3. The minimum absolute atomic E-state index is 0. The molecule has 1 aromatic rings. The molecule has 0 spiro atoms. The normalized spacial score (nSPS) is 21.2. The summed E-state index contributed by atoms with van der Waals surface area (Å²) in [4.78, 5) is 14.3. The van der Waals surface area contributed by atoms with Crippen LogP contribution in [-0.4, -0.2) is 28.9 Å². The second-order valence-corrected chi connectivity index (χ2v) is 4.75. The number of nitrogens with zero attached hydrogens (tertiary/aromatic N) is 1. The van der Waals surface area contributed by atoms with Crippen molar-refractivity contribution in [3.05, 3.63) is 35.5 Å². The molecule has 96 valence electrons. The molecule has 0 saturated carbocycles. The first-order valence-electron chi connectivity index (χ1n) is 6.04. The molecule has 0 amide bonds. The number of ketones is 1. The maximum atomic E-state index is 12.1. The van der Waals surface area contributed by atoms with Crippen LogP contribution in [0.2, 0.25) is 0 Å². The lowest BCUT2D eigenvalue weighted by molar-refractivity contribution is -0.125. The zero-order chi connectivity index (χ0) is 11.8. The molecule has 0 atom stereocenters. The number of Topliss-reactive ketones (excluding diaryl/α,β-unsaturated/α-hetero) is 1. The van der Waals surface area contributed by atoms with Gasteiger partial charge < -0.3 is 10.0 Å². The number of hydrogen-bond acceptors (Lipinski definition) is 3. The van der Waals surface area contributed by atoms with Crippen LogP contribution in [0.3, 0.4) is 0 Å². The first-order chi connectivity index (χ1) is 8.24. The van der Waals surface area contributed by atoms with Gasteiger partial charge in [-0.3, -0.25) is 4.79 Å². The predicted octanol–water partition coefficient (Wildman–Crippen LogP) is 2.45. The molecule has 3 heterocycles. The lowest BCUT2D eigenvalue weighted by Crippen LogP contribution is -2.45. The van der Waals surface area contributed by atoms with Crippen LogP contribution < -0.4 is 0 Å². The van der Waals surface area contributed by atoms with Crippen molar-refractivity contribution < 1.29 is 9.90 Å². The maximum absolute atomic E-state index is 12.1. The molecule has 3 nitrogen and oxygen atoms in total. The van der Waals surface area contributed by atoms with Gasteiger partial charge in [0.15, 0.2) is 5.78 Å². The summed E-state index contributed by atoms with van der Waals surface area (Å²) in [6.45, 7) is 1.97. The second-order valence-electron chi connectivity index (χ2n) is 4.75. The molecule has 0 aliphatic carbocycles. The summed E-state index contributed by atoms with van der Waals surface area (Å²) < 4.78 is 0. The molecule has 3 saturated heterocycles. The Balaban J connectivity index is 0.00000120. The van der Waals surface area contributed by atoms with Crippen molar-refractivity contribution in [1.29, 1.82) is 0 Å². The average Bonchev–Trinajstić information content (AvgIpc) is 2.34. The van der Waals surface area contributed by atoms with Gasteiger partial charge in [0, 0.05) is 19.0 Å². The third kappa shape index (κ3) is 2.23. The monoisotopic (exact) mass is 265 g/mol. The van der Waals surface area contributed by atoms with Crippen LogP contribution in [-0.2, 0) is 4.79 Å². The van der Waals surface area contributed by atoms with Gasteiger partial charge in [0.2, 0.25) is 0 Å². The topological polar surface area (TPSA) is 40.5 Å². The summed E-state index contributed by atoms with van der Waals surface area (Å²) in [7, 11) is 0. The fraction of sp³-hybridized carbons (Fsp3) is 0.357. The number of fused-ring (bicyclic) bond motifs is 3. The highest BCUT2D eigenvalue weighted by Crippen LogP contribution is 2.32. The summed E-state index contributed by atoms with van der Waals surface area (Å²) in [5.74, 6) is 0.733. The van der Waals surface area contributed by atoms with Crippen LogP contribution in [0.5, 0.6) is 5.75 Å². The van der Waals surface area contributed by atoms with Crippen molar-refractivity contribution in [2.24, 2.45) is 5.92 Å². The summed E-state index contributed by atoms with van der Waals surface area (Å²) >= 11 is 0. The molecule has 4 heteroatoms. The van der Waals surface area contributed by atoms with E-state index in [1.54, 1.807) is 18.2 Å². The molecule has 2 bridgehead atoms. The Bertz CT molecular complexity index is 490. The Hall–Kier alpha value is -1.48. The maximum Gasteiger partial charge on any atom is 0.182 e. The summed E-state index contributed by atoms with van der Waals surface area (Å²) in [6, 6.07) is 7.02. The van der Waals surface area contributed by atoms with Crippen molar-refractivity contribution in [3.8, 4) is 5.75 Å². The third-order valence-corrected chi connectivity index (χ3v) is 3.63. The highest BCUT2D eigenvalue weighted by molar-refractivity contribution is 6.01. The fourth-order valence-electron chi connectivity index (χ4n) is 2.68. The minimum Gasteiger partial charge on any atom is -0.508 e. The van der Waals surface area contributed by atoms with E-state index in [9.17, 15) is 9.90 Å². The SMILES string of the molecule is Cl.O=C1/C(=C/c2cccc(O)c2)N2CCC1CC2. The van der Waals surface area contributed by atoms with Gasteiger partial charge in [0.25, 0.3) is 0 Å². The van der Waals surface area contributed by atoms with E-state index in [2.05, 4.69) is 4.90 Å². The van der Waals surface area contributed by atoms with Crippen LogP contribution >= 0.6 is 12.4 Å². The number of phenols is 1. The average molecular weight is 266 g/mol. The van der Waals surface area contributed by atoms with Crippen molar-refractivity contribution in [2.75, 3.05) is 13.1 Å². The third-order valence-electron chi connectivity index (χ3n) is 3.63. The van der Waals surface area contributed by atoms with Crippen LogP contribution in [0.15, 0.2) is 30.0 Å². The molecule has 3 fully saturated rings. The number of carbonyl (C=O) groups excluding carboxylic acids is 1. The number of rotatable bonds is 1. The van der Waals surface area contributed by atoms with Gasteiger partial charge in [-0.2, -0.15) is 0 Å². The largest absolute Gasteiger partial charge is 0.508 e. The number of carbonyl (C=O) groups is 1. The van der Waals surface area contributed by atoms with Crippen LogP contribution in [0, 0.1) is 5.92 Å². The molecular formula is C14H16ClNO2. The molecular weight excluding hydrogens is 250 g/mol. The van der Waals surface area contributed by atoms with Gasteiger partial charge in [-0.05, 0) is 36.6 Å². The first-order valence-corrected chi connectivity index (χ1v) is 6.04. The van der Waals surface area contributed by atoms with E-state index in [4.69, 9.17) is 0 Å². The van der Waals surface area contributed by atoms with E-state index in [0.29, 0.717) is 0 Å². The molecule has 3 aliphatic rings. The van der Waals surface area contributed by atoms with Gasteiger partial charge >= 0.3 is 0 Å². The number of aromatic hydroxyl groups is 1. The molecule has 18 heavy (non-hydrogen) atoms. The van der Waals surface area contributed by atoms with E-state index in [-0.39, 0.29) is 29.9 Å². The molecule has 0 unspecified atom stereocenters. The Labute approximate surface area is 113 Å². The Kier molecular flexibility index (Phi) is 3.62. The van der Waals surface area contributed by atoms with Gasteiger partial charge in [-0.1, -0.05) is 12.1 Å². The summed E-state index contributed by atoms with van der Waals surface area (Å²) in [5.41, 5.74) is 1.71. The first kappa shape index (κ1) is 13.0.